The molecule has 1 N–H and O–H groups in total. The van der Waals surface area contributed by atoms with Crippen LogP contribution in [0.2, 0.25) is 0 Å². The average Bonchev–Trinajstić information content (AvgIpc) is 3.12. The minimum absolute atomic E-state index is 0.113. The minimum atomic E-state index is -2.68. The van der Waals surface area contributed by atoms with Gasteiger partial charge in [0.05, 0.1) is 5.69 Å². The van der Waals surface area contributed by atoms with Crippen molar-refractivity contribution in [2.75, 3.05) is 13.1 Å². The van der Waals surface area contributed by atoms with Crippen LogP contribution in [0.1, 0.15) is 75.7 Å². The van der Waals surface area contributed by atoms with E-state index in [-0.39, 0.29) is 42.3 Å². The summed E-state index contributed by atoms with van der Waals surface area (Å²) in [5.41, 5.74) is 1.96. The zero-order valence-electron chi connectivity index (χ0n) is 19.1. The molecule has 2 aliphatic rings. The standard InChI is InChI=1S/C24H29F2N3O3/c1-22(2,3)15-12-16(14-6-8-24(25,26)9-7-14)28-17-13-18(32-19(15)17)20(30)29-11-10-27-21(31)23(29,4)5/h6,12-13H,7-11H2,1-5H3,(H,27,31). The highest BCUT2D eigenvalue weighted by Gasteiger charge is 2.42. The molecule has 1 aliphatic heterocycles. The van der Waals surface area contributed by atoms with Crippen LogP contribution in [-0.4, -0.2) is 46.2 Å². The summed E-state index contributed by atoms with van der Waals surface area (Å²) in [7, 11) is 0. The maximum Gasteiger partial charge on any atom is 0.290 e. The largest absolute Gasteiger partial charge is 0.449 e. The minimum Gasteiger partial charge on any atom is -0.449 e. The highest BCUT2D eigenvalue weighted by Crippen LogP contribution is 2.39. The van der Waals surface area contributed by atoms with Crippen LogP contribution in [0, 0.1) is 0 Å². The number of hydrogen-bond acceptors (Lipinski definition) is 4. The first-order chi connectivity index (χ1) is 14.8. The average molecular weight is 446 g/mol. The van der Waals surface area contributed by atoms with Crippen molar-refractivity contribution in [1.29, 1.82) is 0 Å². The van der Waals surface area contributed by atoms with Crippen molar-refractivity contribution >= 4 is 28.5 Å². The van der Waals surface area contributed by atoms with Gasteiger partial charge in [0.2, 0.25) is 5.91 Å². The molecule has 1 aliphatic carbocycles. The fourth-order valence-corrected chi connectivity index (χ4v) is 4.26. The van der Waals surface area contributed by atoms with Gasteiger partial charge in [0.1, 0.15) is 11.1 Å². The third-order valence-electron chi connectivity index (χ3n) is 6.33. The Morgan fingerprint density at radius 2 is 1.97 bits per heavy atom. The van der Waals surface area contributed by atoms with Gasteiger partial charge in [0, 0.05) is 37.6 Å². The number of furan rings is 1. The monoisotopic (exact) mass is 445 g/mol. The van der Waals surface area contributed by atoms with Crippen molar-refractivity contribution in [2.24, 2.45) is 0 Å². The summed E-state index contributed by atoms with van der Waals surface area (Å²) in [6.07, 6.45) is 1.31. The Morgan fingerprint density at radius 3 is 2.59 bits per heavy atom. The van der Waals surface area contributed by atoms with Crippen LogP contribution >= 0.6 is 0 Å². The predicted molar refractivity (Wildman–Crippen MR) is 118 cm³/mol. The number of piperazine rings is 1. The second kappa shape index (κ2) is 7.39. The van der Waals surface area contributed by atoms with Crippen molar-refractivity contribution in [3.63, 3.8) is 0 Å². The van der Waals surface area contributed by atoms with Gasteiger partial charge < -0.3 is 14.6 Å². The molecule has 4 rings (SSSR count). The van der Waals surface area contributed by atoms with Crippen molar-refractivity contribution in [3.05, 3.63) is 35.2 Å². The summed E-state index contributed by atoms with van der Waals surface area (Å²) in [6.45, 7) is 10.2. The number of amides is 2. The molecule has 6 nitrogen and oxygen atoms in total. The molecule has 3 heterocycles. The van der Waals surface area contributed by atoms with Crippen LogP contribution < -0.4 is 5.32 Å². The lowest BCUT2D eigenvalue weighted by molar-refractivity contribution is -0.133. The third kappa shape index (κ3) is 3.91. The number of rotatable bonds is 2. The Morgan fingerprint density at radius 1 is 1.25 bits per heavy atom. The zero-order valence-corrected chi connectivity index (χ0v) is 19.1. The molecule has 172 valence electrons. The second-order valence-corrected chi connectivity index (χ2v) is 10.2. The number of hydrogen-bond donors (Lipinski definition) is 1. The number of allylic oxidation sites excluding steroid dienone is 2. The number of pyridine rings is 1. The SMILES string of the molecule is CC(C)(C)c1cc(C2=CCC(F)(F)CC2)nc2cc(C(=O)N3CCNC(=O)C3(C)C)oc12. The molecule has 2 amide bonds. The maximum atomic E-state index is 13.6. The first kappa shape index (κ1) is 22.4. The van der Waals surface area contributed by atoms with Gasteiger partial charge in [-0.1, -0.05) is 26.8 Å². The number of fused-ring (bicyclic) bond motifs is 1. The quantitative estimate of drug-likeness (QED) is 0.728. The summed E-state index contributed by atoms with van der Waals surface area (Å²) in [6, 6.07) is 3.48. The molecule has 0 spiro atoms. The van der Waals surface area contributed by atoms with E-state index in [4.69, 9.17) is 4.42 Å². The first-order valence-electron chi connectivity index (χ1n) is 10.9. The van der Waals surface area contributed by atoms with Crippen LogP contribution in [0.5, 0.6) is 0 Å². The smallest absolute Gasteiger partial charge is 0.290 e. The molecule has 0 saturated carbocycles. The molecule has 0 radical (unpaired) electrons. The van der Waals surface area contributed by atoms with E-state index >= 15 is 0 Å². The number of aromatic nitrogens is 1. The van der Waals surface area contributed by atoms with Gasteiger partial charge in [0.15, 0.2) is 11.3 Å². The molecular weight excluding hydrogens is 416 g/mol. The van der Waals surface area contributed by atoms with E-state index in [1.54, 1.807) is 26.0 Å². The molecule has 0 aromatic carbocycles. The van der Waals surface area contributed by atoms with E-state index in [1.807, 2.05) is 26.8 Å². The normalized spacial score (nSPS) is 20.8. The first-order valence-corrected chi connectivity index (χ1v) is 10.9. The maximum absolute atomic E-state index is 13.6. The van der Waals surface area contributed by atoms with Crippen LogP contribution in [0.4, 0.5) is 8.78 Å². The van der Waals surface area contributed by atoms with Crippen LogP contribution in [0.3, 0.4) is 0 Å². The lowest BCUT2D eigenvalue weighted by Crippen LogP contribution is -2.63. The van der Waals surface area contributed by atoms with Gasteiger partial charge in [-0.05, 0) is 37.3 Å². The molecule has 32 heavy (non-hydrogen) atoms. The topological polar surface area (TPSA) is 75.4 Å². The second-order valence-electron chi connectivity index (χ2n) is 10.2. The molecule has 1 saturated heterocycles. The fourth-order valence-electron chi connectivity index (χ4n) is 4.26. The predicted octanol–water partition coefficient (Wildman–Crippen LogP) is 4.68. The van der Waals surface area contributed by atoms with Crippen molar-refractivity contribution < 1.29 is 22.8 Å². The van der Waals surface area contributed by atoms with Crippen LogP contribution in [0.25, 0.3) is 16.7 Å². The number of carbonyl (C=O) groups is 2. The Balaban J connectivity index is 1.79. The highest BCUT2D eigenvalue weighted by atomic mass is 19.3. The molecule has 1 fully saturated rings. The molecule has 8 heteroatoms. The van der Waals surface area contributed by atoms with Gasteiger partial charge in [0.25, 0.3) is 11.8 Å². The summed E-state index contributed by atoms with van der Waals surface area (Å²) < 4.78 is 33.3. The van der Waals surface area contributed by atoms with E-state index in [0.29, 0.717) is 29.9 Å². The van der Waals surface area contributed by atoms with E-state index in [1.165, 1.54) is 4.90 Å². The van der Waals surface area contributed by atoms with Crippen molar-refractivity contribution in [1.82, 2.24) is 15.2 Å². The van der Waals surface area contributed by atoms with E-state index < -0.39 is 11.5 Å². The summed E-state index contributed by atoms with van der Waals surface area (Å²) in [4.78, 5) is 31.7. The number of nitrogens with one attached hydrogen (secondary N) is 1. The molecule has 0 unspecified atom stereocenters. The summed E-state index contributed by atoms with van der Waals surface area (Å²) in [5.74, 6) is -3.16. The van der Waals surface area contributed by atoms with Gasteiger partial charge >= 0.3 is 0 Å². The molecular formula is C24H29F2N3O3. The van der Waals surface area contributed by atoms with E-state index in [9.17, 15) is 18.4 Å². The fraction of sp³-hybridized carbons (Fsp3) is 0.542. The van der Waals surface area contributed by atoms with E-state index in [2.05, 4.69) is 10.3 Å². The lowest BCUT2D eigenvalue weighted by atomic mass is 9.85. The van der Waals surface area contributed by atoms with E-state index in [0.717, 1.165) is 11.1 Å². The number of nitrogens with zero attached hydrogens (tertiary/aromatic N) is 2. The lowest BCUT2D eigenvalue weighted by Gasteiger charge is -2.40. The Kier molecular flexibility index (Phi) is 5.18. The van der Waals surface area contributed by atoms with Crippen LogP contribution in [0.15, 0.2) is 22.6 Å². The summed E-state index contributed by atoms with van der Waals surface area (Å²) in [5, 5.41) is 2.78. The van der Waals surface area contributed by atoms with Crippen LogP contribution in [-0.2, 0) is 10.2 Å². The van der Waals surface area contributed by atoms with Crippen molar-refractivity contribution in [3.8, 4) is 0 Å². The Bertz CT molecular complexity index is 1130. The number of carbonyl (C=O) groups excluding carboxylic acids is 2. The van der Waals surface area contributed by atoms with Crippen molar-refractivity contribution in [2.45, 2.75) is 70.8 Å². The number of halogens is 2. The van der Waals surface area contributed by atoms with Gasteiger partial charge in [-0.25, -0.2) is 13.8 Å². The third-order valence-corrected chi connectivity index (χ3v) is 6.33. The number of alkyl halides is 2. The van der Waals surface area contributed by atoms with Gasteiger partial charge in [-0.15, -0.1) is 0 Å². The molecule has 2 aromatic heterocycles. The Hall–Kier alpha value is -2.77. The molecule has 2 aromatic rings. The van der Waals surface area contributed by atoms with Gasteiger partial charge in [-0.3, -0.25) is 9.59 Å². The summed E-state index contributed by atoms with van der Waals surface area (Å²) >= 11 is 0. The zero-order chi connectivity index (χ0) is 23.5. The van der Waals surface area contributed by atoms with Gasteiger partial charge in [-0.2, -0.15) is 0 Å². The highest BCUT2D eigenvalue weighted by molar-refractivity contribution is 6.00. The molecule has 0 atom stereocenters. The Labute approximate surface area is 186 Å². The molecule has 0 bridgehead atoms.